The fourth-order valence-corrected chi connectivity index (χ4v) is 5.55. The van der Waals surface area contributed by atoms with Gasteiger partial charge in [0.05, 0.1) is 16.7 Å². The topological polar surface area (TPSA) is 79.5 Å². The van der Waals surface area contributed by atoms with Crippen LogP contribution in [0.4, 0.5) is 0 Å². The average Bonchev–Trinajstić information content (AvgIpc) is 2.97. The molecular weight excluding hydrogens is 366 g/mol. The largest absolute Gasteiger partial charge is 0.469 e. The fraction of sp³-hybridized carbons (Fsp3) is 0.333. The van der Waals surface area contributed by atoms with Crippen molar-refractivity contribution in [2.24, 2.45) is 0 Å². The number of furan rings is 1. The Balaban J connectivity index is 2.12. The zero-order chi connectivity index (χ0) is 14.8. The molecule has 2 aromatic heterocycles. The van der Waals surface area contributed by atoms with Gasteiger partial charge in [0.25, 0.3) is 0 Å². The van der Waals surface area contributed by atoms with Gasteiger partial charge in [0.15, 0.2) is 0 Å². The van der Waals surface area contributed by atoms with Crippen molar-refractivity contribution in [3.05, 3.63) is 38.9 Å². The highest BCUT2D eigenvalue weighted by Gasteiger charge is 2.23. The Morgan fingerprint density at radius 2 is 2.30 bits per heavy atom. The molecule has 8 heteroatoms. The highest BCUT2D eigenvalue weighted by Crippen LogP contribution is 2.31. The standard InChI is InChI=1S/C12H14BrNO4S2/c1-8(5-9-3-2-4-18-9)14-20(16,17)11-6-10(7-15)19-12(11)13/h2-4,6,8,14-15H,5,7H2,1H3. The highest BCUT2D eigenvalue weighted by atomic mass is 79.9. The first-order valence-electron chi connectivity index (χ1n) is 5.86. The Morgan fingerprint density at radius 3 is 2.85 bits per heavy atom. The van der Waals surface area contributed by atoms with Crippen LogP contribution in [-0.2, 0) is 23.1 Å². The van der Waals surface area contributed by atoms with Crippen LogP contribution < -0.4 is 4.72 Å². The summed E-state index contributed by atoms with van der Waals surface area (Å²) in [7, 11) is -3.62. The molecule has 0 aliphatic heterocycles. The van der Waals surface area contributed by atoms with Gasteiger partial charge in [-0.25, -0.2) is 13.1 Å². The van der Waals surface area contributed by atoms with E-state index >= 15 is 0 Å². The number of thiophene rings is 1. The molecule has 0 aromatic carbocycles. The maximum absolute atomic E-state index is 12.3. The van der Waals surface area contributed by atoms with Crippen LogP contribution in [0.1, 0.15) is 17.6 Å². The van der Waals surface area contributed by atoms with Gasteiger partial charge in [0, 0.05) is 17.3 Å². The second kappa shape index (κ2) is 6.40. The molecular formula is C12H14BrNO4S2. The fourth-order valence-electron chi connectivity index (χ4n) is 1.76. The van der Waals surface area contributed by atoms with Crippen LogP contribution in [0.3, 0.4) is 0 Å². The summed E-state index contributed by atoms with van der Waals surface area (Å²) < 4.78 is 32.8. The van der Waals surface area contributed by atoms with Crippen molar-refractivity contribution in [3.8, 4) is 0 Å². The molecule has 5 nitrogen and oxygen atoms in total. The van der Waals surface area contributed by atoms with Crippen LogP contribution in [-0.4, -0.2) is 19.6 Å². The molecule has 0 radical (unpaired) electrons. The van der Waals surface area contributed by atoms with Crippen LogP contribution in [0.25, 0.3) is 0 Å². The van der Waals surface area contributed by atoms with Crippen LogP contribution in [0.5, 0.6) is 0 Å². The number of aliphatic hydroxyl groups excluding tert-OH is 1. The molecule has 0 spiro atoms. The van der Waals surface area contributed by atoms with Crippen molar-refractivity contribution in [1.29, 1.82) is 0 Å². The van der Waals surface area contributed by atoms with E-state index in [1.165, 1.54) is 17.4 Å². The first-order valence-corrected chi connectivity index (χ1v) is 8.95. The van der Waals surface area contributed by atoms with E-state index < -0.39 is 10.0 Å². The summed E-state index contributed by atoms with van der Waals surface area (Å²) in [4.78, 5) is 0.744. The predicted molar refractivity (Wildman–Crippen MR) is 80.1 cm³/mol. The van der Waals surface area contributed by atoms with Crippen molar-refractivity contribution >= 4 is 37.3 Å². The first kappa shape index (κ1) is 15.7. The van der Waals surface area contributed by atoms with E-state index in [1.54, 1.807) is 25.3 Å². The van der Waals surface area contributed by atoms with E-state index in [2.05, 4.69) is 20.7 Å². The van der Waals surface area contributed by atoms with E-state index in [1.807, 2.05) is 0 Å². The minimum absolute atomic E-state index is 0.151. The lowest BCUT2D eigenvalue weighted by Gasteiger charge is -2.12. The highest BCUT2D eigenvalue weighted by molar-refractivity contribution is 9.11. The molecule has 20 heavy (non-hydrogen) atoms. The number of halogens is 1. The van der Waals surface area contributed by atoms with E-state index in [0.29, 0.717) is 15.1 Å². The van der Waals surface area contributed by atoms with Crippen molar-refractivity contribution in [1.82, 2.24) is 4.72 Å². The van der Waals surface area contributed by atoms with Gasteiger partial charge in [-0.05, 0) is 41.1 Å². The van der Waals surface area contributed by atoms with Crippen LogP contribution in [0.15, 0.2) is 37.6 Å². The molecule has 0 fully saturated rings. The molecule has 110 valence electrons. The second-order valence-corrected chi connectivity index (χ2v) is 8.45. The minimum Gasteiger partial charge on any atom is -0.469 e. The van der Waals surface area contributed by atoms with E-state index in [4.69, 9.17) is 9.52 Å². The van der Waals surface area contributed by atoms with Crippen LogP contribution in [0.2, 0.25) is 0 Å². The molecule has 2 aromatic rings. The summed E-state index contributed by atoms with van der Waals surface area (Å²) in [6.07, 6.45) is 2.03. The lowest BCUT2D eigenvalue weighted by atomic mass is 10.2. The number of nitrogens with one attached hydrogen (secondary N) is 1. The first-order chi connectivity index (χ1) is 9.42. The normalized spacial score (nSPS) is 13.6. The van der Waals surface area contributed by atoms with Crippen LogP contribution >= 0.6 is 27.3 Å². The van der Waals surface area contributed by atoms with Gasteiger partial charge < -0.3 is 9.52 Å². The summed E-state index contributed by atoms with van der Waals surface area (Å²) in [5, 5.41) is 9.06. The van der Waals surface area contributed by atoms with Gasteiger partial charge in [-0.1, -0.05) is 0 Å². The van der Waals surface area contributed by atoms with E-state index in [9.17, 15) is 8.42 Å². The van der Waals surface area contributed by atoms with Gasteiger partial charge in [-0.2, -0.15) is 0 Å². The summed E-state index contributed by atoms with van der Waals surface area (Å²) >= 11 is 4.42. The Labute approximate surface area is 129 Å². The number of hydrogen-bond donors (Lipinski definition) is 2. The number of aliphatic hydroxyl groups is 1. The maximum atomic E-state index is 12.3. The molecule has 0 aliphatic carbocycles. The van der Waals surface area contributed by atoms with Gasteiger partial charge in [-0.15, -0.1) is 11.3 Å². The number of rotatable bonds is 6. The summed E-state index contributed by atoms with van der Waals surface area (Å²) in [5.41, 5.74) is 0. The smallest absolute Gasteiger partial charge is 0.242 e. The summed E-state index contributed by atoms with van der Waals surface area (Å²) in [6.45, 7) is 1.59. The molecule has 0 bridgehead atoms. The zero-order valence-electron chi connectivity index (χ0n) is 10.7. The lowest BCUT2D eigenvalue weighted by molar-refractivity contribution is 0.285. The SMILES string of the molecule is CC(Cc1ccco1)NS(=O)(=O)c1cc(CO)sc1Br. The molecule has 1 atom stereocenters. The van der Waals surface area contributed by atoms with E-state index in [0.717, 1.165) is 5.76 Å². The third-order valence-electron chi connectivity index (χ3n) is 2.60. The Morgan fingerprint density at radius 1 is 1.55 bits per heavy atom. The van der Waals surface area contributed by atoms with Crippen molar-refractivity contribution in [2.75, 3.05) is 0 Å². The number of sulfonamides is 1. The van der Waals surface area contributed by atoms with Gasteiger partial charge >= 0.3 is 0 Å². The third kappa shape index (κ3) is 3.70. The molecule has 0 saturated heterocycles. The van der Waals surface area contributed by atoms with Crippen molar-refractivity contribution in [2.45, 2.75) is 30.9 Å². The Kier molecular flexibility index (Phi) is 5.03. The Hall–Kier alpha value is -0.670. The van der Waals surface area contributed by atoms with Crippen molar-refractivity contribution in [3.63, 3.8) is 0 Å². The molecule has 1 unspecified atom stereocenters. The van der Waals surface area contributed by atoms with Gasteiger partial charge in [0.1, 0.15) is 10.7 Å². The quantitative estimate of drug-likeness (QED) is 0.807. The second-order valence-electron chi connectivity index (χ2n) is 4.31. The molecule has 0 amide bonds. The lowest BCUT2D eigenvalue weighted by Crippen LogP contribution is -2.34. The molecule has 0 saturated carbocycles. The number of hydrogen-bond acceptors (Lipinski definition) is 5. The maximum Gasteiger partial charge on any atom is 0.242 e. The third-order valence-corrected chi connectivity index (χ3v) is 6.42. The average molecular weight is 380 g/mol. The summed E-state index contributed by atoms with van der Waals surface area (Å²) in [6, 6.07) is 4.74. The summed E-state index contributed by atoms with van der Waals surface area (Å²) in [5.74, 6) is 0.723. The molecule has 2 N–H and O–H groups in total. The monoisotopic (exact) mass is 379 g/mol. The van der Waals surface area contributed by atoms with Gasteiger partial charge in [-0.3, -0.25) is 0 Å². The minimum atomic E-state index is -3.62. The van der Waals surface area contributed by atoms with Gasteiger partial charge in [0.2, 0.25) is 10.0 Å². The van der Waals surface area contributed by atoms with Crippen molar-refractivity contribution < 1.29 is 17.9 Å². The predicted octanol–water partition coefficient (Wildman–Crippen LogP) is 2.51. The molecule has 2 rings (SSSR count). The van der Waals surface area contributed by atoms with E-state index in [-0.39, 0.29) is 17.5 Å². The van der Waals surface area contributed by atoms with Crippen LogP contribution in [0, 0.1) is 0 Å². The Bertz CT molecular complexity index is 664. The molecule has 0 aliphatic rings. The molecule has 2 heterocycles. The zero-order valence-corrected chi connectivity index (χ0v) is 13.9.